The third-order valence-electron chi connectivity index (χ3n) is 5.15. The van der Waals surface area contributed by atoms with Crippen LogP contribution in [0, 0.1) is 17.8 Å². The molecule has 2 aliphatic carbocycles. The molecule has 1 aromatic rings. The van der Waals surface area contributed by atoms with Gasteiger partial charge in [0.25, 0.3) is 0 Å². The monoisotopic (exact) mass is 287 g/mol. The molecule has 2 saturated carbocycles. The summed E-state index contributed by atoms with van der Waals surface area (Å²) in [7, 11) is 0. The van der Waals surface area contributed by atoms with Gasteiger partial charge in [0, 0.05) is 5.92 Å². The minimum absolute atomic E-state index is 0.0950. The van der Waals surface area contributed by atoms with Crippen LogP contribution in [0.1, 0.15) is 25.7 Å². The lowest BCUT2D eigenvalue weighted by molar-refractivity contribution is -0.127. The first-order valence-electron chi connectivity index (χ1n) is 7.96. The molecule has 4 unspecified atom stereocenters. The molecule has 1 heterocycles. The van der Waals surface area contributed by atoms with Gasteiger partial charge in [0.15, 0.2) is 11.5 Å². The van der Waals surface area contributed by atoms with E-state index in [0.29, 0.717) is 19.1 Å². The molecule has 1 aliphatic heterocycles. The van der Waals surface area contributed by atoms with Gasteiger partial charge < -0.3 is 14.8 Å². The number of amides is 1. The Labute approximate surface area is 124 Å². The lowest BCUT2D eigenvalue weighted by Gasteiger charge is -2.27. The maximum atomic E-state index is 12.3. The lowest BCUT2D eigenvalue weighted by atomic mass is 9.88. The van der Waals surface area contributed by atoms with E-state index in [4.69, 9.17) is 9.47 Å². The van der Waals surface area contributed by atoms with Gasteiger partial charge in [-0.2, -0.15) is 0 Å². The van der Waals surface area contributed by atoms with Crippen molar-refractivity contribution in [3.63, 3.8) is 0 Å². The molecule has 4 heteroatoms. The topological polar surface area (TPSA) is 47.6 Å². The highest BCUT2D eigenvalue weighted by atomic mass is 16.6. The number of hydrogen-bond donors (Lipinski definition) is 1. The fourth-order valence-electron chi connectivity index (χ4n) is 4.08. The highest BCUT2D eigenvalue weighted by molar-refractivity contribution is 5.79. The Morgan fingerprint density at radius 2 is 2.05 bits per heavy atom. The van der Waals surface area contributed by atoms with E-state index >= 15 is 0 Å². The van der Waals surface area contributed by atoms with Crippen LogP contribution in [0.5, 0.6) is 11.5 Å². The summed E-state index contributed by atoms with van der Waals surface area (Å²) in [6.07, 6.45) is 4.81. The Kier molecular flexibility index (Phi) is 3.24. The second-order valence-electron chi connectivity index (χ2n) is 6.52. The number of carbonyl (C=O) groups is 1. The number of para-hydroxylation sites is 2. The number of fused-ring (bicyclic) bond motifs is 3. The van der Waals surface area contributed by atoms with Crippen LogP contribution in [-0.2, 0) is 4.79 Å². The molecule has 0 saturated heterocycles. The SMILES string of the molecule is O=C(NCC1COc2ccccc2O1)C1CC2CCC1C2. The summed E-state index contributed by atoms with van der Waals surface area (Å²) in [5, 5.41) is 3.07. The maximum absolute atomic E-state index is 12.3. The van der Waals surface area contributed by atoms with Crippen molar-refractivity contribution >= 4 is 5.91 Å². The number of nitrogens with one attached hydrogen (secondary N) is 1. The highest BCUT2D eigenvalue weighted by Crippen LogP contribution is 2.48. The molecule has 3 aliphatic rings. The average molecular weight is 287 g/mol. The van der Waals surface area contributed by atoms with Crippen LogP contribution >= 0.6 is 0 Å². The summed E-state index contributed by atoms with van der Waals surface area (Å²) in [4.78, 5) is 12.3. The van der Waals surface area contributed by atoms with Crippen molar-refractivity contribution in [2.24, 2.45) is 17.8 Å². The van der Waals surface area contributed by atoms with Crippen molar-refractivity contribution in [1.29, 1.82) is 0 Å². The first-order valence-corrected chi connectivity index (χ1v) is 7.96. The van der Waals surface area contributed by atoms with Crippen LogP contribution in [0.25, 0.3) is 0 Å². The fraction of sp³-hybridized carbons (Fsp3) is 0.588. The van der Waals surface area contributed by atoms with Gasteiger partial charge in [-0.05, 0) is 43.2 Å². The van der Waals surface area contributed by atoms with Crippen LogP contribution in [0.4, 0.5) is 0 Å². The van der Waals surface area contributed by atoms with Gasteiger partial charge in [0.1, 0.15) is 12.7 Å². The molecule has 4 atom stereocenters. The van der Waals surface area contributed by atoms with Crippen LogP contribution < -0.4 is 14.8 Å². The zero-order valence-electron chi connectivity index (χ0n) is 12.1. The molecule has 0 spiro atoms. The molecule has 112 valence electrons. The van der Waals surface area contributed by atoms with Crippen molar-refractivity contribution in [2.75, 3.05) is 13.2 Å². The average Bonchev–Trinajstić information content (AvgIpc) is 3.15. The van der Waals surface area contributed by atoms with Gasteiger partial charge in [-0.3, -0.25) is 4.79 Å². The van der Waals surface area contributed by atoms with Crippen LogP contribution in [0.15, 0.2) is 24.3 Å². The zero-order valence-corrected chi connectivity index (χ0v) is 12.1. The summed E-state index contributed by atoms with van der Waals surface area (Å²) in [5.41, 5.74) is 0. The number of carbonyl (C=O) groups excluding carboxylic acids is 1. The molecule has 1 aromatic carbocycles. The van der Waals surface area contributed by atoms with Gasteiger partial charge in [0.05, 0.1) is 6.54 Å². The van der Waals surface area contributed by atoms with E-state index in [1.165, 1.54) is 19.3 Å². The molecule has 2 bridgehead atoms. The summed E-state index contributed by atoms with van der Waals surface area (Å²) in [6, 6.07) is 7.66. The van der Waals surface area contributed by atoms with Crippen LogP contribution in [0.2, 0.25) is 0 Å². The van der Waals surface area contributed by atoms with E-state index in [0.717, 1.165) is 23.8 Å². The molecule has 4 nitrogen and oxygen atoms in total. The van der Waals surface area contributed by atoms with Crippen molar-refractivity contribution in [3.05, 3.63) is 24.3 Å². The second kappa shape index (κ2) is 5.24. The van der Waals surface area contributed by atoms with E-state index in [1.807, 2.05) is 24.3 Å². The van der Waals surface area contributed by atoms with Crippen molar-refractivity contribution in [1.82, 2.24) is 5.32 Å². The Hall–Kier alpha value is -1.71. The molecule has 1 N–H and O–H groups in total. The summed E-state index contributed by atoms with van der Waals surface area (Å²) in [5.74, 6) is 3.42. The van der Waals surface area contributed by atoms with Crippen LogP contribution in [-0.4, -0.2) is 25.2 Å². The standard InChI is InChI=1S/C17H21NO3/c19-17(14-8-11-5-6-12(14)7-11)18-9-13-10-20-15-3-1-2-4-16(15)21-13/h1-4,11-14H,5-10H2,(H,18,19). The Bertz CT molecular complexity index is 545. The third-order valence-corrected chi connectivity index (χ3v) is 5.15. The van der Waals surface area contributed by atoms with E-state index in [-0.39, 0.29) is 17.9 Å². The van der Waals surface area contributed by atoms with Gasteiger partial charge in [-0.1, -0.05) is 18.6 Å². The van der Waals surface area contributed by atoms with E-state index in [2.05, 4.69) is 5.32 Å². The van der Waals surface area contributed by atoms with E-state index in [9.17, 15) is 4.79 Å². The van der Waals surface area contributed by atoms with Crippen molar-refractivity contribution in [3.8, 4) is 11.5 Å². The van der Waals surface area contributed by atoms with E-state index in [1.54, 1.807) is 0 Å². The minimum atomic E-state index is -0.0950. The number of benzene rings is 1. The maximum Gasteiger partial charge on any atom is 0.223 e. The van der Waals surface area contributed by atoms with E-state index < -0.39 is 0 Å². The Balaban J connectivity index is 1.31. The summed E-state index contributed by atoms with van der Waals surface area (Å²) in [6.45, 7) is 1.02. The predicted octanol–water partition coefficient (Wildman–Crippen LogP) is 2.38. The smallest absolute Gasteiger partial charge is 0.223 e. The predicted molar refractivity (Wildman–Crippen MR) is 78.3 cm³/mol. The molecular formula is C17H21NO3. The Morgan fingerprint density at radius 3 is 2.81 bits per heavy atom. The van der Waals surface area contributed by atoms with Gasteiger partial charge >= 0.3 is 0 Å². The number of hydrogen-bond acceptors (Lipinski definition) is 3. The first-order chi connectivity index (χ1) is 10.3. The van der Waals surface area contributed by atoms with Gasteiger partial charge in [-0.15, -0.1) is 0 Å². The van der Waals surface area contributed by atoms with Gasteiger partial charge in [-0.25, -0.2) is 0 Å². The molecule has 0 radical (unpaired) electrons. The molecule has 4 rings (SSSR count). The summed E-state index contributed by atoms with van der Waals surface area (Å²) < 4.78 is 11.5. The normalized spacial score (nSPS) is 33.0. The fourth-order valence-corrected chi connectivity index (χ4v) is 4.08. The molecule has 0 aromatic heterocycles. The summed E-state index contributed by atoms with van der Waals surface area (Å²) >= 11 is 0. The quantitative estimate of drug-likeness (QED) is 0.928. The van der Waals surface area contributed by atoms with Crippen LogP contribution in [0.3, 0.4) is 0 Å². The second-order valence-corrected chi connectivity index (χ2v) is 6.52. The zero-order chi connectivity index (χ0) is 14.2. The highest BCUT2D eigenvalue weighted by Gasteiger charge is 2.43. The molecule has 1 amide bonds. The molecular weight excluding hydrogens is 266 g/mol. The third kappa shape index (κ3) is 2.47. The minimum Gasteiger partial charge on any atom is -0.486 e. The van der Waals surface area contributed by atoms with Crippen molar-refractivity contribution < 1.29 is 14.3 Å². The largest absolute Gasteiger partial charge is 0.486 e. The van der Waals surface area contributed by atoms with Crippen molar-refractivity contribution in [2.45, 2.75) is 31.8 Å². The number of ether oxygens (including phenoxy) is 2. The first kappa shape index (κ1) is 13.0. The lowest BCUT2D eigenvalue weighted by Crippen LogP contribution is -2.43. The molecule has 21 heavy (non-hydrogen) atoms. The Morgan fingerprint density at radius 1 is 1.19 bits per heavy atom. The molecule has 2 fully saturated rings. The van der Waals surface area contributed by atoms with Gasteiger partial charge in [0.2, 0.25) is 5.91 Å². The number of rotatable bonds is 3.